The Morgan fingerprint density at radius 2 is 2.36 bits per heavy atom. The molecule has 0 unspecified atom stereocenters. The first-order valence-electron chi connectivity index (χ1n) is 2.57. The van der Waals surface area contributed by atoms with Gasteiger partial charge >= 0.3 is 5.69 Å². The van der Waals surface area contributed by atoms with Crippen LogP contribution in [0.3, 0.4) is 0 Å². The molecule has 0 aliphatic heterocycles. The van der Waals surface area contributed by atoms with Crippen molar-refractivity contribution in [3.63, 3.8) is 0 Å². The summed E-state index contributed by atoms with van der Waals surface area (Å²) in [4.78, 5) is 12.4. The van der Waals surface area contributed by atoms with Crippen LogP contribution in [-0.2, 0) is 0 Å². The van der Waals surface area contributed by atoms with Crippen molar-refractivity contribution in [2.45, 2.75) is 0 Å². The van der Waals surface area contributed by atoms with Crippen molar-refractivity contribution < 1.29 is 9.31 Å². The van der Waals surface area contributed by atoms with E-state index in [-0.39, 0.29) is 4.47 Å². The van der Waals surface area contributed by atoms with Crippen molar-refractivity contribution >= 4 is 21.6 Å². The summed E-state index contributed by atoms with van der Waals surface area (Å²) >= 11 is 2.83. The molecule has 0 aliphatic carbocycles. The second-order valence-electron chi connectivity index (χ2n) is 1.69. The normalized spacial score (nSPS) is 9.64. The van der Waals surface area contributed by atoms with E-state index in [1.54, 1.807) is 0 Å². The van der Waals surface area contributed by atoms with Crippen LogP contribution < -0.4 is 0 Å². The van der Waals surface area contributed by atoms with E-state index >= 15 is 0 Å². The van der Waals surface area contributed by atoms with Crippen LogP contribution in [0.4, 0.5) is 10.1 Å². The van der Waals surface area contributed by atoms with Crippen LogP contribution >= 0.6 is 15.9 Å². The molecule has 0 amide bonds. The van der Waals surface area contributed by atoms with E-state index in [1.807, 2.05) is 0 Å². The smallest absolute Gasteiger partial charge is 0.258 e. The Labute approximate surface area is 69.3 Å². The summed E-state index contributed by atoms with van der Waals surface area (Å²) in [5.74, 6) is -1.08. The molecule has 58 valence electrons. The SMILES string of the molecule is O=[N+]([O-])c1c(Br)ccnc1F. The Morgan fingerprint density at radius 1 is 1.73 bits per heavy atom. The molecule has 0 atom stereocenters. The number of nitro groups is 1. The van der Waals surface area contributed by atoms with E-state index in [9.17, 15) is 14.5 Å². The molecule has 0 radical (unpaired) electrons. The lowest BCUT2D eigenvalue weighted by Gasteiger charge is -1.93. The zero-order valence-electron chi connectivity index (χ0n) is 5.12. The van der Waals surface area contributed by atoms with E-state index < -0.39 is 16.6 Å². The highest BCUT2D eigenvalue weighted by Gasteiger charge is 2.18. The van der Waals surface area contributed by atoms with Gasteiger partial charge < -0.3 is 0 Å². The highest BCUT2D eigenvalue weighted by molar-refractivity contribution is 9.10. The Kier molecular flexibility index (Phi) is 2.13. The van der Waals surface area contributed by atoms with E-state index in [2.05, 4.69) is 20.9 Å². The molecule has 0 spiro atoms. The molecule has 0 fully saturated rings. The molecule has 0 aliphatic rings. The van der Waals surface area contributed by atoms with Gasteiger partial charge in [-0.05, 0) is 22.0 Å². The van der Waals surface area contributed by atoms with Crippen LogP contribution in [0.5, 0.6) is 0 Å². The Morgan fingerprint density at radius 3 is 2.73 bits per heavy atom. The minimum atomic E-state index is -1.08. The van der Waals surface area contributed by atoms with E-state index in [0.29, 0.717) is 0 Å². The molecule has 1 aromatic heterocycles. The Hall–Kier alpha value is -1.04. The summed E-state index contributed by atoms with van der Waals surface area (Å²) in [5.41, 5.74) is -0.632. The largest absolute Gasteiger partial charge is 0.338 e. The quantitative estimate of drug-likeness (QED) is 0.413. The van der Waals surface area contributed by atoms with E-state index in [0.717, 1.165) is 6.20 Å². The first-order valence-corrected chi connectivity index (χ1v) is 3.36. The highest BCUT2D eigenvalue weighted by Crippen LogP contribution is 2.25. The molecule has 1 heterocycles. The van der Waals surface area contributed by atoms with Crippen LogP contribution in [-0.4, -0.2) is 9.91 Å². The third-order valence-electron chi connectivity index (χ3n) is 1.01. The van der Waals surface area contributed by atoms with Gasteiger partial charge in [0, 0.05) is 6.20 Å². The van der Waals surface area contributed by atoms with Gasteiger partial charge in [0.2, 0.25) is 0 Å². The Balaban J connectivity index is 3.32. The predicted molar refractivity (Wildman–Crippen MR) is 38.5 cm³/mol. The van der Waals surface area contributed by atoms with Gasteiger partial charge in [0.15, 0.2) is 0 Å². The Bertz CT molecular complexity index is 284. The van der Waals surface area contributed by atoms with Gasteiger partial charge in [-0.15, -0.1) is 0 Å². The molecular weight excluding hydrogens is 219 g/mol. The number of rotatable bonds is 1. The van der Waals surface area contributed by atoms with Gasteiger partial charge in [0.25, 0.3) is 5.95 Å². The number of halogens is 2. The fraction of sp³-hybridized carbons (Fsp3) is 0. The highest BCUT2D eigenvalue weighted by atomic mass is 79.9. The van der Waals surface area contributed by atoms with Crippen molar-refractivity contribution in [2.75, 3.05) is 0 Å². The number of hydrogen-bond donors (Lipinski definition) is 0. The molecule has 0 aromatic carbocycles. The minimum Gasteiger partial charge on any atom is -0.258 e. The maximum absolute atomic E-state index is 12.5. The van der Waals surface area contributed by atoms with Gasteiger partial charge in [0.05, 0.1) is 4.92 Å². The third-order valence-corrected chi connectivity index (χ3v) is 1.65. The van der Waals surface area contributed by atoms with E-state index in [1.165, 1.54) is 6.07 Å². The number of aromatic nitrogens is 1. The van der Waals surface area contributed by atoms with Crippen molar-refractivity contribution in [1.82, 2.24) is 4.98 Å². The third kappa shape index (κ3) is 1.51. The second kappa shape index (κ2) is 2.91. The molecule has 0 N–H and O–H groups in total. The van der Waals surface area contributed by atoms with Crippen LogP contribution in [0.15, 0.2) is 16.7 Å². The van der Waals surface area contributed by atoms with E-state index in [4.69, 9.17) is 0 Å². The summed E-state index contributed by atoms with van der Waals surface area (Å²) in [6.45, 7) is 0. The minimum absolute atomic E-state index is 0.0926. The van der Waals surface area contributed by atoms with Gasteiger partial charge in [-0.1, -0.05) is 0 Å². The lowest BCUT2D eigenvalue weighted by atomic mass is 10.4. The molecule has 1 aromatic rings. The van der Waals surface area contributed by atoms with Gasteiger partial charge in [-0.2, -0.15) is 4.39 Å². The molecule has 11 heavy (non-hydrogen) atoms. The molecule has 0 saturated carbocycles. The molecule has 6 heteroatoms. The van der Waals surface area contributed by atoms with Crippen LogP contribution in [0.25, 0.3) is 0 Å². The van der Waals surface area contributed by atoms with Gasteiger partial charge in [0.1, 0.15) is 4.47 Å². The maximum atomic E-state index is 12.5. The van der Waals surface area contributed by atoms with Crippen LogP contribution in [0.2, 0.25) is 0 Å². The number of hydrogen-bond acceptors (Lipinski definition) is 3. The molecular formula is C5H2BrFN2O2. The predicted octanol–water partition coefficient (Wildman–Crippen LogP) is 1.89. The zero-order valence-corrected chi connectivity index (χ0v) is 6.71. The lowest BCUT2D eigenvalue weighted by Crippen LogP contribution is -1.95. The summed E-state index contributed by atoms with van der Waals surface area (Å²) in [6, 6.07) is 1.31. The molecule has 1 rings (SSSR count). The average molecular weight is 221 g/mol. The second-order valence-corrected chi connectivity index (χ2v) is 2.54. The number of nitrogens with zero attached hydrogens (tertiary/aromatic N) is 2. The van der Waals surface area contributed by atoms with Crippen molar-refractivity contribution in [3.05, 3.63) is 32.8 Å². The van der Waals surface area contributed by atoms with Crippen molar-refractivity contribution in [2.24, 2.45) is 0 Å². The first-order chi connectivity index (χ1) is 5.13. The van der Waals surface area contributed by atoms with Crippen molar-refractivity contribution in [3.8, 4) is 0 Å². The molecule has 0 saturated heterocycles. The van der Waals surface area contributed by atoms with Crippen molar-refractivity contribution in [1.29, 1.82) is 0 Å². The van der Waals surface area contributed by atoms with Crippen LogP contribution in [0, 0.1) is 16.1 Å². The van der Waals surface area contributed by atoms with Gasteiger partial charge in [-0.3, -0.25) is 10.1 Å². The number of pyridine rings is 1. The summed E-state index contributed by atoms with van der Waals surface area (Å²) < 4.78 is 12.6. The monoisotopic (exact) mass is 220 g/mol. The standard InChI is InChI=1S/C5H2BrFN2O2/c6-3-1-2-8-5(7)4(3)9(10)11/h1-2H. The fourth-order valence-electron chi connectivity index (χ4n) is 0.569. The van der Waals surface area contributed by atoms with Gasteiger partial charge in [-0.25, -0.2) is 4.98 Å². The molecule has 4 nitrogen and oxygen atoms in total. The van der Waals surface area contributed by atoms with Crippen LogP contribution in [0.1, 0.15) is 0 Å². The zero-order chi connectivity index (χ0) is 8.43. The maximum Gasteiger partial charge on any atom is 0.338 e. The fourth-order valence-corrected chi connectivity index (χ4v) is 0.996. The average Bonchev–Trinajstić information content (AvgIpc) is 1.85. The summed E-state index contributed by atoms with van der Waals surface area (Å²) in [5, 5.41) is 10.1. The molecule has 0 bridgehead atoms. The first kappa shape index (κ1) is 8.06. The summed E-state index contributed by atoms with van der Waals surface area (Å²) in [7, 11) is 0. The lowest BCUT2D eigenvalue weighted by molar-refractivity contribution is -0.388. The summed E-state index contributed by atoms with van der Waals surface area (Å²) in [6.07, 6.45) is 1.15. The topological polar surface area (TPSA) is 56.0 Å².